The molecule has 0 unspecified atom stereocenters. The lowest BCUT2D eigenvalue weighted by Gasteiger charge is -2.24. The van der Waals surface area contributed by atoms with Crippen molar-refractivity contribution in [1.82, 2.24) is 16.0 Å². The van der Waals surface area contributed by atoms with Gasteiger partial charge in [-0.15, -0.1) is 0 Å². The fourth-order valence-electron chi connectivity index (χ4n) is 1.99. The van der Waals surface area contributed by atoms with Gasteiger partial charge in [0.05, 0.1) is 6.04 Å². The van der Waals surface area contributed by atoms with E-state index in [4.69, 9.17) is 5.73 Å². The Balaban J connectivity index is 4.63. The maximum Gasteiger partial charge on any atom is 0.312 e. The number of Topliss-reactive ketones (excluding diaryl/α,β-unsaturated/α-hetero) is 1. The lowest BCUT2D eigenvalue weighted by atomic mass is 9.99. The molecule has 0 fully saturated rings. The first kappa shape index (κ1) is 19.1. The van der Waals surface area contributed by atoms with E-state index in [2.05, 4.69) is 22.5 Å². The number of carbonyl (C=O) groups is 3. The zero-order valence-electron chi connectivity index (χ0n) is 13.2. The van der Waals surface area contributed by atoms with Crippen molar-refractivity contribution in [3.63, 3.8) is 0 Å². The first-order chi connectivity index (χ1) is 9.70. The van der Waals surface area contributed by atoms with Gasteiger partial charge in [-0.3, -0.25) is 9.59 Å². The van der Waals surface area contributed by atoms with Crippen molar-refractivity contribution in [3.05, 3.63) is 12.2 Å². The molecule has 21 heavy (non-hydrogen) atoms. The van der Waals surface area contributed by atoms with Gasteiger partial charge in [-0.05, 0) is 31.9 Å². The highest BCUT2D eigenvalue weighted by Gasteiger charge is 2.26. The molecule has 0 aromatic rings. The van der Waals surface area contributed by atoms with Crippen LogP contribution in [0.4, 0.5) is 4.79 Å². The number of likely N-dealkylation sites (N-methyl/N-ethyl adjacent to an activating group) is 1. The zero-order valence-corrected chi connectivity index (χ0v) is 13.2. The number of urea groups is 1. The highest BCUT2D eigenvalue weighted by atomic mass is 16.2. The lowest BCUT2D eigenvalue weighted by Crippen LogP contribution is -2.51. The monoisotopic (exact) mass is 298 g/mol. The summed E-state index contributed by atoms with van der Waals surface area (Å²) in [7, 11) is 1.63. The van der Waals surface area contributed by atoms with Gasteiger partial charge in [-0.2, -0.15) is 0 Å². The third-order valence-corrected chi connectivity index (χ3v) is 3.11. The third kappa shape index (κ3) is 6.89. The van der Waals surface area contributed by atoms with Gasteiger partial charge in [-0.25, -0.2) is 4.79 Å². The van der Waals surface area contributed by atoms with E-state index in [0.717, 1.165) is 0 Å². The molecule has 0 heterocycles. The molecular formula is C14H26N4O3. The molecule has 7 nitrogen and oxygen atoms in total. The molecule has 0 aromatic heterocycles. The van der Waals surface area contributed by atoms with E-state index in [1.165, 1.54) is 6.92 Å². The van der Waals surface area contributed by atoms with Crippen LogP contribution in [-0.4, -0.2) is 43.4 Å². The van der Waals surface area contributed by atoms with Gasteiger partial charge < -0.3 is 21.7 Å². The zero-order chi connectivity index (χ0) is 16.6. The summed E-state index contributed by atoms with van der Waals surface area (Å²) in [5.41, 5.74) is 5.57. The number of amides is 3. The highest BCUT2D eigenvalue weighted by molar-refractivity contribution is 5.91. The number of ketones is 1. The number of hydrogen-bond donors (Lipinski definition) is 4. The maximum absolute atomic E-state index is 12.2. The Hall–Kier alpha value is -1.89. The largest absolute Gasteiger partial charge is 0.352 e. The summed E-state index contributed by atoms with van der Waals surface area (Å²) in [5.74, 6) is -0.390. The Labute approximate surface area is 125 Å². The SMILES string of the molecule is C=C(CCNC(N)=O)[C@H](NC)C(=O)N[C@H](C(C)=O)C(C)C. The Kier molecular flexibility index (Phi) is 8.30. The molecule has 0 bridgehead atoms. The Morgan fingerprint density at radius 2 is 1.81 bits per heavy atom. The average Bonchev–Trinajstić information content (AvgIpc) is 2.35. The summed E-state index contributed by atoms with van der Waals surface area (Å²) < 4.78 is 0. The summed E-state index contributed by atoms with van der Waals surface area (Å²) in [5, 5.41) is 8.02. The third-order valence-electron chi connectivity index (χ3n) is 3.11. The quantitative estimate of drug-likeness (QED) is 0.446. The van der Waals surface area contributed by atoms with Crippen LogP contribution in [0.5, 0.6) is 0 Å². The van der Waals surface area contributed by atoms with E-state index >= 15 is 0 Å². The molecule has 5 N–H and O–H groups in total. The van der Waals surface area contributed by atoms with Gasteiger partial charge in [-0.1, -0.05) is 20.4 Å². The van der Waals surface area contributed by atoms with Gasteiger partial charge in [0.15, 0.2) is 5.78 Å². The van der Waals surface area contributed by atoms with Crippen LogP contribution in [0.2, 0.25) is 0 Å². The highest BCUT2D eigenvalue weighted by Crippen LogP contribution is 2.08. The van der Waals surface area contributed by atoms with Crippen molar-refractivity contribution >= 4 is 17.7 Å². The van der Waals surface area contributed by atoms with Crippen LogP contribution < -0.4 is 21.7 Å². The van der Waals surface area contributed by atoms with Crippen molar-refractivity contribution < 1.29 is 14.4 Å². The van der Waals surface area contributed by atoms with Gasteiger partial charge in [0.25, 0.3) is 0 Å². The number of nitrogens with two attached hydrogens (primary N) is 1. The minimum Gasteiger partial charge on any atom is -0.352 e. The van der Waals surface area contributed by atoms with Crippen LogP contribution in [0.15, 0.2) is 12.2 Å². The standard InChI is InChI=1S/C14H26N4O3/c1-8(2)11(10(4)19)18-13(20)12(16-5)9(3)6-7-17-14(15)21/h8,11-12,16H,3,6-7H2,1-2,4-5H3,(H,18,20)(H3,15,17,21)/t11-,12-/m0/s1. The molecule has 2 atom stereocenters. The van der Waals surface area contributed by atoms with E-state index in [0.29, 0.717) is 18.5 Å². The first-order valence-electron chi connectivity index (χ1n) is 6.89. The van der Waals surface area contributed by atoms with Gasteiger partial charge in [0.2, 0.25) is 5.91 Å². The topological polar surface area (TPSA) is 113 Å². The number of rotatable bonds is 9. The first-order valence-corrected chi connectivity index (χ1v) is 6.89. The Morgan fingerprint density at radius 3 is 2.19 bits per heavy atom. The maximum atomic E-state index is 12.2. The molecule has 0 rings (SSSR count). The fourth-order valence-corrected chi connectivity index (χ4v) is 1.99. The van der Waals surface area contributed by atoms with E-state index in [1.807, 2.05) is 13.8 Å². The second kappa shape index (κ2) is 9.12. The Bertz CT molecular complexity index is 407. The van der Waals surface area contributed by atoms with Crippen LogP contribution >= 0.6 is 0 Å². The van der Waals surface area contributed by atoms with Crippen LogP contribution in [-0.2, 0) is 9.59 Å². The summed E-state index contributed by atoms with van der Waals surface area (Å²) in [6.07, 6.45) is 0.411. The molecule has 0 saturated heterocycles. The second-order valence-electron chi connectivity index (χ2n) is 5.26. The molecule has 3 amide bonds. The average molecular weight is 298 g/mol. The minimum absolute atomic E-state index is 0.00810. The molecular weight excluding hydrogens is 272 g/mol. The van der Waals surface area contributed by atoms with Crippen molar-refractivity contribution in [1.29, 1.82) is 0 Å². The number of primary amides is 1. The predicted molar refractivity (Wildman–Crippen MR) is 81.6 cm³/mol. The molecule has 0 aliphatic heterocycles. The second-order valence-corrected chi connectivity index (χ2v) is 5.26. The molecule has 0 aliphatic rings. The molecule has 0 aliphatic carbocycles. The molecule has 0 radical (unpaired) electrons. The summed E-state index contributed by atoms with van der Waals surface area (Å²) >= 11 is 0. The summed E-state index contributed by atoms with van der Waals surface area (Å²) in [4.78, 5) is 34.4. The van der Waals surface area contributed by atoms with Gasteiger partial charge >= 0.3 is 6.03 Å². The van der Waals surface area contributed by atoms with Gasteiger partial charge in [0.1, 0.15) is 6.04 Å². The van der Waals surface area contributed by atoms with Crippen LogP contribution in [0.25, 0.3) is 0 Å². The van der Waals surface area contributed by atoms with E-state index in [1.54, 1.807) is 7.05 Å². The smallest absolute Gasteiger partial charge is 0.312 e. The van der Waals surface area contributed by atoms with Crippen LogP contribution in [0.1, 0.15) is 27.2 Å². The molecule has 0 aromatic carbocycles. The van der Waals surface area contributed by atoms with Crippen molar-refractivity contribution in [2.24, 2.45) is 11.7 Å². The number of hydrogen-bond acceptors (Lipinski definition) is 4. The predicted octanol–water partition coefficient (Wildman–Crippen LogP) is -0.0812. The van der Waals surface area contributed by atoms with Crippen molar-refractivity contribution in [2.75, 3.05) is 13.6 Å². The summed E-state index contributed by atoms with van der Waals surface area (Å²) in [6, 6.07) is -1.77. The fraction of sp³-hybridized carbons (Fsp3) is 0.643. The van der Waals surface area contributed by atoms with Gasteiger partial charge in [0, 0.05) is 6.54 Å². The minimum atomic E-state index is -0.625. The molecule has 120 valence electrons. The summed E-state index contributed by atoms with van der Waals surface area (Å²) in [6.45, 7) is 9.33. The lowest BCUT2D eigenvalue weighted by molar-refractivity contribution is -0.128. The number of nitrogens with one attached hydrogen (secondary N) is 3. The molecule has 0 spiro atoms. The van der Waals surface area contributed by atoms with Crippen molar-refractivity contribution in [3.8, 4) is 0 Å². The normalized spacial score (nSPS) is 13.4. The van der Waals surface area contributed by atoms with E-state index in [9.17, 15) is 14.4 Å². The van der Waals surface area contributed by atoms with Crippen LogP contribution in [0.3, 0.4) is 0 Å². The number of carbonyl (C=O) groups excluding carboxylic acids is 3. The molecule has 0 saturated carbocycles. The van der Waals surface area contributed by atoms with Crippen LogP contribution in [0, 0.1) is 5.92 Å². The molecule has 7 heteroatoms. The van der Waals surface area contributed by atoms with E-state index in [-0.39, 0.29) is 17.6 Å². The van der Waals surface area contributed by atoms with Crippen molar-refractivity contribution in [2.45, 2.75) is 39.3 Å². The Morgan fingerprint density at radius 1 is 1.24 bits per heavy atom. The van der Waals surface area contributed by atoms with E-state index < -0.39 is 18.1 Å².